The lowest BCUT2D eigenvalue weighted by atomic mass is 9.96. The molecule has 0 spiro atoms. The van der Waals surface area contributed by atoms with E-state index >= 15 is 0 Å². The molecule has 5 nitrogen and oxygen atoms in total. The number of methoxy groups -OCH3 is 2. The maximum atomic E-state index is 12.3. The van der Waals surface area contributed by atoms with E-state index in [9.17, 15) is 4.79 Å². The third kappa shape index (κ3) is 5.41. The highest BCUT2D eigenvalue weighted by atomic mass is 16.5. The second-order valence-corrected chi connectivity index (χ2v) is 6.35. The molecule has 5 heteroatoms. The average Bonchev–Trinajstić information content (AvgIpc) is 2.64. The van der Waals surface area contributed by atoms with Crippen molar-refractivity contribution in [1.82, 2.24) is 4.90 Å². The molecule has 1 aliphatic rings. The van der Waals surface area contributed by atoms with Gasteiger partial charge in [-0.3, -0.25) is 4.79 Å². The molecule has 1 aliphatic heterocycles. The van der Waals surface area contributed by atoms with Gasteiger partial charge in [0.1, 0.15) is 0 Å². The lowest BCUT2D eigenvalue weighted by Crippen LogP contribution is -2.30. The van der Waals surface area contributed by atoms with Crippen LogP contribution in [0.3, 0.4) is 0 Å². The molecule has 0 bridgehead atoms. The van der Waals surface area contributed by atoms with Crippen molar-refractivity contribution in [3.05, 3.63) is 23.8 Å². The Bertz CT molecular complexity index is 526. The Morgan fingerprint density at radius 2 is 1.92 bits per heavy atom. The summed E-state index contributed by atoms with van der Waals surface area (Å²) in [7, 11) is 5.14. The number of hydrogen-bond donors (Lipinski definition) is 0. The Hall–Kier alpha value is -1.75. The highest BCUT2D eigenvalue weighted by Crippen LogP contribution is 2.28. The zero-order chi connectivity index (χ0) is 17.4. The van der Waals surface area contributed by atoms with Gasteiger partial charge in [0.2, 0.25) is 5.91 Å². The molecule has 1 aromatic rings. The minimum atomic E-state index is 0.192. The Morgan fingerprint density at radius 1 is 1.21 bits per heavy atom. The van der Waals surface area contributed by atoms with Crippen molar-refractivity contribution in [2.24, 2.45) is 5.92 Å². The fraction of sp³-hybridized carbons (Fsp3) is 0.632. The number of benzene rings is 1. The first-order chi connectivity index (χ1) is 11.6. The summed E-state index contributed by atoms with van der Waals surface area (Å²) in [6, 6.07) is 5.80. The van der Waals surface area contributed by atoms with Crippen molar-refractivity contribution >= 4 is 5.91 Å². The highest BCUT2D eigenvalue weighted by Gasteiger charge is 2.16. The summed E-state index contributed by atoms with van der Waals surface area (Å²) in [6.07, 6.45) is 4.53. The average molecular weight is 335 g/mol. The molecule has 1 amide bonds. The monoisotopic (exact) mass is 335 g/mol. The summed E-state index contributed by atoms with van der Waals surface area (Å²) in [4.78, 5) is 14.2. The fourth-order valence-corrected chi connectivity index (χ4v) is 3.01. The first-order valence-electron chi connectivity index (χ1n) is 8.66. The van der Waals surface area contributed by atoms with E-state index in [1.165, 1.54) is 0 Å². The predicted octanol–water partition coefficient (Wildman–Crippen LogP) is 2.91. The third-order valence-corrected chi connectivity index (χ3v) is 4.71. The normalized spacial score (nSPS) is 15.1. The van der Waals surface area contributed by atoms with Crippen LogP contribution in [0.2, 0.25) is 0 Å². The summed E-state index contributed by atoms with van der Waals surface area (Å²) in [5.41, 5.74) is 1.08. The lowest BCUT2D eigenvalue weighted by molar-refractivity contribution is -0.130. The zero-order valence-corrected chi connectivity index (χ0v) is 15.0. The van der Waals surface area contributed by atoms with Crippen molar-refractivity contribution in [2.75, 3.05) is 41.0 Å². The van der Waals surface area contributed by atoms with E-state index in [-0.39, 0.29) is 5.91 Å². The number of rotatable bonds is 8. The van der Waals surface area contributed by atoms with Gasteiger partial charge < -0.3 is 19.1 Å². The Balaban J connectivity index is 1.77. The maximum absolute atomic E-state index is 12.3. The zero-order valence-electron chi connectivity index (χ0n) is 15.0. The smallest absolute Gasteiger partial charge is 0.222 e. The molecule has 0 radical (unpaired) electrons. The molecule has 24 heavy (non-hydrogen) atoms. The molecule has 1 heterocycles. The maximum Gasteiger partial charge on any atom is 0.222 e. The molecule has 0 unspecified atom stereocenters. The van der Waals surface area contributed by atoms with Crippen LogP contribution >= 0.6 is 0 Å². The number of hydrogen-bond acceptors (Lipinski definition) is 4. The number of nitrogens with zero attached hydrogens (tertiary/aromatic N) is 1. The van der Waals surface area contributed by atoms with E-state index in [1.807, 2.05) is 30.1 Å². The minimum absolute atomic E-state index is 0.192. The van der Waals surface area contributed by atoms with E-state index < -0.39 is 0 Å². The van der Waals surface area contributed by atoms with Crippen molar-refractivity contribution in [3.8, 4) is 11.5 Å². The molecule has 0 N–H and O–H groups in total. The van der Waals surface area contributed by atoms with E-state index in [0.717, 1.165) is 44.6 Å². The molecular weight excluding hydrogens is 306 g/mol. The first kappa shape index (κ1) is 18.6. The Morgan fingerprint density at radius 3 is 2.58 bits per heavy atom. The van der Waals surface area contributed by atoms with Gasteiger partial charge in [-0.1, -0.05) is 6.07 Å². The highest BCUT2D eigenvalue weighted by molar-refractivity contribution is 5.76. The van der Waals surface area contributed by atoms with Crippen LogP contribution in [0.4, 0.5) is 0 Å². The van der Waals surface area contributed by atoms with Gasteiger partial charge >= 0.3 is 0 Å². The van der Waals surface area contributed by atoms with Crippen LogP contribution < -0.4 is 9.47 Å². The van der Waals surface area contributed by atoms with Crippen LogP contribution in [-0.2, 0) is 16.0 Å². The van der Waals surface area contributed by atoms with Crippen LogP contribution in [-0.4, -0.2) is 51.8 Å². The number of carbonyl (C=O) groups is 1. The van der Waals surface area contributed by atoms with Crippen LogP contribution in [0.5, 0.6) is 11.5 Å². The molecule has 0 aromatic heterocycles. The van der Waals surface area contributed by atoms with E-state index in [4.69, 9.17) is 14.2 Å². The topological polar surface area (TPSA) is 48.0 Å². The second-order valence-electron chi connectivity index (χ2n) is 6.35. The molecule has 0 saturated carbocycles. The minimum Gasteiger partial charge on any atom is -0.493 e. The van der Waals surface area contributed by atoms with Crippen LogP contribution in [0.15, 0.2) is 18.2 Å². The van der Waals surface area contributed by atoms with Gasteiger partial charge in [0.25, 0.3) is 0 Å². The quantitative estimate of drug-likeness (QED) is 0.733. The largest absolute Gasteiger partial charge is 0.493 e. The van der Waals surface area contributed by atoms with Crippen molar-refractivity contribution in [1.29, 1.82) is 0 Å². The van der Waals surface area contributed by atoms with E-state index in [0.29, 0.717) is 30.3 Å². The molecule has 0 aliphatic carbocycles. The van der Waals surface area contributed by atoms with Crippen LogP contribution in [0.1, 0.15) is 31.2 Å². The number of ether oxygens (including phenoxy) is 3. The second kappa shape index (κ2) is 9.52. The van der Waals surface area contributed by atoms with Gasteiger partial charge in [-0.2, -0.15) is 0 Å². The van der Waals surface area contributed by atoms with Gasteiger partial charge in [0, 0.05) is 33.2 Å². The fourth-order valence-electron chi connectivity index (χ4n) is 3.01. The molecule has 1 saturated heterocycles. The molecule has 1 aromatic carbocycles. The number of carbonyl (C=O) groups excluding carboxylic acids is 1. The van der Waals surface area contributed by atoms with E-state index in [2.05, 4.69) is 0 Å². The third-order valence-electron chi connectivity index (χ3n) is 4.71. The van der Waals surface area contributed by atoms with Crippen molar-refractivity contribution < 1.29 is 19.0 Å². The Kier molecular flexibility index (Phi) is 7.37. The number of amides is 1. The van der Waals surface area contributed by atoms with Gasteiger partial charge in [0.15, 0.2) is 11.5 Å². The standard InChI is InChI=1S/C19H29NO4/c1-20(11-8-15-9-12-24-13-10-15)19(21)7-5-16-4-6-17(22-2)18(14-16)23-3/h4,6,14-15H,5,7-13H2,1-3H3. The van der Waals surface area contributed by atoms with Gasteiger partial charge in [-0.15, -0.1) is 0 Å². The first-order valence-corrected chi connectivity index (χ1v) is 8.66. The molecule has 1 fully saturated rings. The molecule has 2 rings (SSSR count). The molecular formula is C19H29NO4. The van der Waals surface area contributed by atoms with Crippen LogP contribution in [0, 0.1) is 5.92 Å². The van der Waals surface area contributed by atoms with Gasteiger partial charge in [0.05, 0.1) is 14.2 Å². The Labute approximate surface area is 144 Å². The molecule has 134 valence electrons. The lowest BCUT2D eigenvalue weighted by Gasteiger charge is -2.25. The summed E-state index contributed by atoms with van der Waals surface area (Å²) in [5, 5.41) is 0. The van der Waals surface area contributed by atoms with Gasteiger partial charge in [-0.05, 0) is 49.3 Å². The SMILES string of the molecule is COc1ccc(CCC(=O)N(C)CCC2CCOCC2)cc1OC. The summed E-state index contributed by atoms with van der Waals surface area (Å²) in [6.45, 7) is 2.55. The number of aryl methyl sites for hydroxylation is 1. The van der Waals surface area contributed by atoms with Crippen molar-refractivity contribution in [2.45, 2.75) is 32.1 Å². The molecule has 0 atom stereocenters. The van der Waals surface area contributed by atoms with Gasteiger partial charge in [-0.25, -0.2) is 0 Å². The summed E-state index contributed by atoms with van der Waals surface area (Å²) in [5.74, 6) is 2.30. The predicted molar refractivity (Wildman–Crippen MR) is 93.7 cm³/mol. The summed E-state index contributed by atoms with van der Waals surface area (Å²) < 4.78 is 15.9. The van der Waals surface area contributed by atoms with Crippen LogP contribution in [0.25, 0.3) is 0 Å². The summed E-state index contributed by atoms with van der Waals surface area (Å²) >= 11 is 0. The van der Waals surface area contributed by atoms with Crippen molar-refractivity contribution in [3.63, 3.8) is 0 Å². The van der Waals surface area contributed by atoms with E-state index in [1.54, 1.807) is 14.2 Å².